The van der Waals surface area contributed by atoms with Crippen LogP contribution in [0.3, 0.4) is 0 Å². The summed E-state index contributed by atoms with van der Waals surface area (Å²) in [6, 6.07) is 23.1. The standard InChI is InChI=1S/C30H27N3O4S/c1-20-9-12-23(13-10-20)36-15-6-16-37-26-14-11-21(18-27(26)35-2)17-24-28(31)33-25(22-7-4-3-5-8-22)19-38-30(33)32-29(24)34/h3-5,7-14,17-19,31H,6,15-16H2,1-2H3. The van der Waals surface area contributed by atoms with Gasteiger partial charge in [0.1, 0.15) is 11.6 Å². The molecule has 0 aromatic heterocycles. The number of nitrogens with zero attached hydrogens (tertiary/aromatic N) is 2. The first-order valence-electron chi connectivity index (χ1n) is 12.2. The summed E-state index contributed by atoms with van der Waals surface area (Å²) in [6.45, 7) is 3.04. The number of rotatable bonds is 9. The van der Waals surface area contributed by atoms with Gasteiger partial charge in [0.25, 0.3) is 5.91 Å². The van der Waals surface area contributed by atoms with E-state index in [1.165, 1.54) is 17.3 Å². The molecule has 2 heterocycles. The van der Waals surface area contributed by atoms with Crippen LogP contribution in [0.15, 0.2) is 88.8 Å². The summed E-state index contributed by atoms with van der Waals surface area (Å²) < 4.78 is 17.2. The third-order valence-electron chi connectivity index (χ3n) is 6.02. The lowest BCUT2D eigenvalue weighted by Gasteiger charge is -2.27. The van der Waals surface area contributed by atoms with E-state index in [0.29, 0.717) is 41.9 Å². The van der Waals surface area contributed by atoms with E-state index < -0.39 is 5.91 Å². The minimum Gasteiger partial charge on any atom is -0.493 e. The Labute approximate surface area is 225 Å². The summed E-state index contributed by atoms with van der Waals surface area (Å²) in [5.41, 5.74) is 3.89. The number of amidine groups is 2. The predicted molar refractivity (Wildman–Crippen MR) is 152 cm³/mol. The van der Waals surface area contributed by atoms with Gasteiger partial charge in [-0.2, -0.15) is 4.99 Å². The van der Waals surface area contributed by atoms with Crippen LogP contribution in [0.2, 0.25) is 0 Å². The van der Waals surface area contributed by atoms with Gasteiger partial charge in [-0.05, 0) is 48.4 Å². The molecule has 0 saturated carbocycles. The highest BCUT2D eigenvalue weighted by Crippen LogP contribution is 2.37. The molecule has 192 valence electrons. The van der Waals surface area contributed by atoms with Gasteiger partial charge in [0.05, 0.1) is 31.6 Å². The quantitative estimate of drug-likeness (QED) is 0.266. The minimum atomic E-state index is -0.440. The monoisotopic (exact) mass is 525 g/mol. The Hall–Kier alpha value is -4.30. The fourth-order valence-electron chi connectivity index (χ4n) is 4.04. The second kappa shape index (κ2) is 11.4. The predicted octanol–water partition coefficient (Wildman–Crippen LogP) is 6.16. The van der Waals surface area contributed by atoms with Crippen molar-refractivity contribution in [2.45, 2.75) is 13.3 Å². The smallest absolute Gasteiger partial charge is 0.283 e. The molecule has 8 heteroatoms. The molecule has 0 radical (unpaired) electrons. The summed E-state index contributed by atoms with van der Waals surface area (Å²) in [5, 5.41) is 11.2. The molecule has 5 rings (SSSR count). The second-order valence-corrected chi connectivity index (χ2v) is 9.54. The van der Waals surface area contributed by atoms with Gasteiger partial charge in [-0.25, -0.2) is 0 Å². The van der Waals surface area contributed by atoms with Crippen LogP contribution in [0.5, 0.6) is 17.2 Å². The molecule has 0 fully saturated rings. The van der Waals surface area contributed by atoms with Gasteiger partial charge in [0.2, 0.25) is 0 Å². The van der Waals surface area contributed by atoms with E-state index in [9.17, 15) is 4.79 Å². The lowest BCUT2D eigenvalue weighted by atomic mass is 10.1. The fraction of sp³-hybridized carbons (Fsp3) is 0.167. The van der Waals surface area contributed by atoms with Crippen LogP contribution in [-0.2, 0) is 4.79 Å². The van der Waals surface area contributed by atoms with Gasteiger partial charge in [0, 0.05) is 11.8 Å². The summed E-state index contributed by atoms with van der Waals surface area (Å²) in [6.07, 6.45) is 2.37. The van der Waals surface area contributed by atoms with Gasteiger partial charge < -0.3 is 14.2 Å². The number of nitrogens with one attached hydrogen (secondary N) is 1. The number of aryl methyl sites for hydroxylation is 1. The molecule has 1 N–H and O–H groups in total. The SMILES string of the molecule is COc1cc(C=C2C(=N)N3C(c4ccccc4)=CSC3=NC2=O)ccc1OCCCOc1ccc(C)cc1. The molecule has 38 heavy (non-hydrogen) atoms. The number of aliphatic imine (C=N–C) groups is 1. The van der Waals surface area contributed by atoms with Crippen molar-refractivity contribution in [2.24, 2.45) is 4.99 Å². The highest BCUT2D eigenvalue weighted by atomic mass is 32.2. The Balaban J connectivity index is 1.26. The Morgan fingerprint density at radius 3 is 2.50 bits per heavy atom. The summed E-state index contributed by atoms with van der Waals surface area (Å²) in [4.78, 5) is 18.7. The van der Waals surface area contributed by atoms with Crippen molar-refractivity contribution in [3.8, 4) is 17.2 Å². The number of hydrogen-bond acceptors (Lipinski definition) is 6. The molecule has 2 aliphatic rings. The first kappa shape index (κ1) is 25.4. The number of thioether (sulfide) groups is 1. The topological polar surface area (TPSA) is 84.2 Å². The molecular weight excluding hydrogens is 498 g/mol. The normalized spacial score (nSPS) is 15.7. The zero-order valence-corrected chi connectivity index (χ0v) is 22.0. The Kier molecular flexibility index (Phi) is 7.60. The first-order valence-corrected chi connectivity index (χ1v) is 13.1. The van der Waals surface area contributed by atoms with Crippen molar-refractivity contribution in [1.82, 2.24) is 4.90 Å². The van der Waals surface area contributed by atoms with Crippen LogP contribution in [0.4, 0.5) is 0 Å². The molecule has 7 nitrogen and oxygen atoms in total. The third-order valence-corrected chi connectivity index (χ3v) is 6.84. The number of methoxy groups -OCH3 is 1. The number of amides is 1. The van der Waals surface area contributed by atoms with E-state index in [-0.39, 0.29) is 11.4 Å². The maximum atomic E-state index is 12.8. The number of hydrogen-bond donors (Lipinski definition) is 1. The maximum absolute atomic E-state index is 12.8. The summed E-state index contributed by atoms with van der Waals surface area (Å²) >= 11 is 1.34. The molecule has 0 bridgehead atoms. The number of carbonyl (C=O) groups excluding carboxylic acids is 1. The van der Waals surface area contributed by atoms with Crippen LogP contribution in [-0.4, -0.2) is 42.1 Å². The van der Waals surface area contributed by atoms with Crippen LogP contribution in [0, 0.1) is 12.3 Å². The average molecular weight is 526 g/mol. The van der Waals surface area contributed by atoms with E-state index in [0.717, 1.165) is 17.0 Å². The molecule has 1 amide bonds. The van der Waals surface area contributed by atoms with Gasteiger partial charge >= 0.3 is 0 Å². The molecule has 3 aromatic rings. The highest BCUT2D eigenvalue weighted by molar-refractivity contribution is 8.17. The van der Waals surface area contributed by atoms with Crippen LogP contribution < -0.4 is 14.2 Å². The number of carbonyl (C=O) groups is 1. The molecule has 0 atom stereocenters. The van der Waals surface area contributed by atoms with Crippen molar-refractivity contribution in [3.05, 3.63) is 100 Å². The zero-order chi connectivity index (χ0) is 26.5. The van der Waals surface area contributed by atoms with E-state index >= 15 is 0 Å². The number of fused-ring (bicyclic) bond motifs is 1. The van der Waals surface area contributed by atoms with Crippen molar-refractivity contribution in [3.63, 3.8) is 0 Å². The molecule has 0 spiro atoms. The van der Waals surface area contributed by atoms with Crippen LogP contribution in [0.25, 0.3) is 11.8 Å². The largest absolute Gasteiger partial charge is 0.493 e. The van der Waals surface area contributed by atoms with E-state index in [1.807, 2.05) is 73.0 Å². The van der Waals surface area contributed by atoms with Gasteiger partial charge in [-0.1, -0.05) is 65.9 Å². The summed E-state index contributed by atoms with van der Waals surface area (Å²) in [5.74, 6) is 1.63. The molecule has 0 saturated heterocycles. The Morgan fingerprint density at radius 1 is 0.974 bits per heavy atom. The Bertz CT molecular complexity index is 1450. The highest BCUT2D eigenvalue weighted by Gasteiger charge is 2.36. The minimum absolute atomic E-state index is 0.0907. The van der Waals surface area contributed by atoms with Gasteiger partial charge in [-0.15, -0.1) is 0 Å². The lowest BCUT2D eigenvalue weighted by molar-refractivity contribution is -0.114. The van der Waals surface area contributed by atoms with E-state index in [4.69, 9.17) is 19.6 Å². The van der Waals surface area contributed by atoms with Crippen LogP contribution in [0.1, 0.15) is 23.1 Å². The first-order chi connectivity index (χ1) is 18.5. The average Bonchev–Trinajstić information content (AvgIpc) is 3.36. The molecular formula is C30H27N3O4S. The maximum Gasteiger partial charge on any atom is 0.283 e. The molecule has 2 aliphatic heterocycles. The van der Waals surface area contributed by atoms with E-state index in [2.05, 4.69) is 4.99 Å². The fourth-order valence-corrected chi connectivity index (χ4v) is 4.93. The molecule has 0 aliphatic carbocycles. The van der Waals surface area contributed by atoms with Gasteiger partial charge in [0.15, 0.2) is 16.7 Å². The van der Waals surface area contributed by atoms with Crippen molar-refractivity contribution in [2.75, 3.05) is 20.3 Å². The van der Waals surface area contributed by atoms with Crippen molar-refractivity contribution in [1.29, 1.82) is 5.41 Å². The number of ether oxygens (including phenoxy) is 3. The van der Waals surface area contributed by atoms with Gasteiger partial charge in [-0.3, -0.25) is 15.1 Å². The zero-order valence-electron chi connectivity index (χ0n) is 21.1. The van der Waals surface area contributed by atoms with E-state index in [1.54, 1.807) is 30.2 Å². The second-order valence-electron chi connectivity index (χ2n) is 8.70. The molecule has 3 aromatic carbocycles. The lowest BCUT2D eigenvalue weighted by Crippen LogP contribution is -2.38. The van der Waals surface area contributed by atoms with Crippen molar-refractivity contribution >= 4 is 40.4 Å². The third kappa shape index (κ3) is 5.50. The van der Waals surface area contributed by atoms with Crippen molar-refractivity contribution < 1.29 is 19.0 Å². The Morgan fingerprint density at radius 2 is 1.74 bits per heavy atom. The molecule has 0 unspecified atom stereocenters. The number of benzene rings is 3. The van der Waals surface area contributed by atoms with Crippen LogP contribution >= 0.6 is 11.8 Å². The summed E-state index contributed by atoms with van der Waals surface area (Å²) in [7, 11) is 1.57.